The van der Waals surface area contributed by atoms with Crippen molar-refractivity contribution in [1.82, 2.24) is 24.4 Å². The summed E-state index contributed by atoms with van der Waals surface area (Å²) < 4.78 is 37.4. The number of nitrogens with two attached hydrogens (primary N) is 1. The lowest BCUT2D eigenvalue weighted by atomic mass is 10.3. The number of hydrogen-bond acceptors (Lipinski definition) is 4. The van der Waals surface area contributed by atoms with E-state index in [9.17, 15) is 4.39 Å². The van der Waals surface area contributed by atoms with Crippen LogP contribution in [0.1, 0.15) is 4.11 Å². The average molecular weight is 235 g/mol. The van der Waals surface area contributed by atoms with Crippen LogP contribution in [-0.2, 0) is 6.98 Å². The normalized spacial score (nSPS) is 14.5. The van der Waals surface area contributed by atoms with Crippen LogP contribution in [0.5, 0.6) is 0 Å². The molecule has 0 radical (unpaired) electrons. The first-order valence-corrected chi connectivity index (χ1v) is 4.72. The monoisotopic (exact) mass is 235 g/mol. The zero-order chi connectivity index (χ0) is 14.5. The van der Waals surface area contributed by atoms with E-state index >= 15 is 0 Å². The number of imidazole rings is 1. The molecule has 0 aliphatic carbocycles. The third-order valence-corrected chi connectivity index (χ3v) is 2.33. The molecule has 3 aromatic rings. The Morgan fingerprint density at radius 1 is 1.41 bits per heavy atom. The number of halogens is 1. The molecule has 0 saturated heterocycles. The molecule has 86 valence electrons. The Morgan fingerprint density at radius 2 is 2.29 bits per heavy atom. The minimum Gasteiger partial charge on any atom is -0.382 e. The van der Waals surface area contributed by atoms with Gasteiger partial charge in [0.25, 0.3) is 0 Å². The third-order valence-electron chi connectivity index (χ3n) is 2.33. The Balaban J connectivity index is 2.21. The fraction of sp³-hybridized carbons (Fsp3) is 0.100. The van der Waals surface area contributed by atoms with Gasteiger partial charge in [-0.15, -0.1) is 10.2 Å². The first-order chi connectivity index (χ1) is 9.36. The van der Waals surface area contributed by atoms with Crippen molar-refractivity contribution in [2.75, 3.05) is 5.73 Å². The van der Waals surface area contributed by atoms with Crippen LogP contribution in [0.3, 0.4) is 0 Å². The molecule has 7 heteroatoms. The van der Waals surface area contributed by atoms with Crippen molar-refractivity contribution < 1.29 is 8.50 Å². The van der Waals surface area contributed by atoms with Crippen LogP contribution in [0.15, 0.2) is 24.5 Å². The minimum absolute atomic E-state index is 0.00766. The van der Waals surface area contributed by atoms with Gasteiger partial charge in [-0.05, 0) is 12.1 Å². The van der Waals surface area contributed by atoms with Gasteiger partial charge in [-0.2, -0.15) is 4.39 Å². The van der Waals surface area contributed by atoms with E-state index in [1.807, 2.05) is 0 Å². The molecule has 0 aromatic carbocycles. The molecule has 0 amide bonds. The number of rotatable bonds is 1. The number of aryl methyl sites for hydroxylation is 1. The number of aromatic nitrogens is 5. The Morgan fingerprint density at radius 3 is 3.06 bits per heavy atom. The van der Waals surface area contributed by atoms with Gasteiger partial charge in [-0.25, -0.2) is 9.50 Å². The average Bonchev–Trinajstić information content (AvgIpc) is 2.91. The standard InChI is InChI=1S/C10H9FN6/c1-16-5-6(10(11)15-16)7-4-13-9-3-2-8(12)14-17(7)9/h2-5H,1H3,(H2,12,14)/i1D3. The second-order valence-corrected chi connectivity index (χ2v) is 3.45. The third kappa shape index (κ3) is 1.43. The van der Waals surface area contributed by atoms with Crippen molar-refractivity contribution in [2.24, 2.45) is 6.98 Å². The predicted molar refractivity (Wildman–Crippen MR) is 59.6 cm³/mol. The Labute approximate surface area is 99.7 Å². The SMILES string of the molecule is [2H]C([2H])([2H])n1cc(-c2cnc3ccc(N)nn23)c(F)n1. The molecule has 0 spiro atoms. The summed E-state index contributed by atoms with van der Waals surface area (Å²) in [4.78, 5) is 4.05. The summed E-state index contributed by atoms with van der Waals surface area (Å²) >= 11 is 0. The lowest BCUT2D eigenvalue weighted by Crippen LogP contribution is -1.99. The van der Waals surface area contributed by atoms with E-state index in [1.54, 1.807) is 12.1 Å². The molecular weight excluding hydrogens is 223 g/mol. The fourth-order valence-corrected chi connectivity index (χ4v) is 1.60. The molecule has 0 fully saturated rings. The van der Waals surface area contributed by atoms with Crippen LogP contribution in [0.2, 0.25) is 0 Å². The van der Waals surface area contributed by atoms with Crippen molar-refractivity contribution in [3.8, 4) is 11.3 Å². The summed E-state index contributed by atoms with van der Waals surface area (Å²) in [7, 11) is 0. The first kappa shape index (κ1) is 7.00. The number of hydrogen-bond donors (Lipinski definition) is 1. The van der Waals surface area contributed by atoms with Crippen molar-refractivity contribution >= 4 is 11.5 Å². The van der Waals surface area contributed by atoms with Crippen LogP contribution in [0.4, 0.5) is 10.2 Å². The molecule has 6 nitrogen and oxygen atoms in total. The summed E-state index contributed by atoms with van der Waals surface area (Å²) in [6, 6.07) is 3.19. The van der Waals surface area contributed by atoms with E-state index in [0.29, 0.717) is 10.3 Å². The van der Waals surface area contributed by atoms with Crippen LogP contribution in [-0.4, -0.2) is 24.4 Å². The van der Waals surface area contributed by atoms with Crippen LogP contribution in [0.25, 0.3) is 16.9 Å². The van der Waals surface area contributed by atoms with Crippen LogP contribution < -0.4 is 5.73 Å². The molecule has 17 heavy (non-hydrogen) atoms. The smallest absolute Gasteiger partial charge is 0.242 e. The van der Waals surface area contributed by atoms with Crippen LogP contribution in [0, 0.1) is 5.95 Å². The van der Waals surface area contributed by atoms with Gasteiger partial charge in [-0.3, -0.25) is 4.68 Å². The summed E-state index contributed by atoms with van der Waals surface area (Å²) in [5.74, 6) is -0.674. The summed E-state index contributed by atoms with van der Waals surface area (Å²) in [6.45, 7) is -2.55. The Kier molecular flexibility index (Phi) is 1.35. The second kappa shape index (κ2) is 3.27. The first-order valence-electron chi connectivity index (χ1n) is 6.22. The highest BCUT2D eigenvalue weighted by molar-refractivity contribution is 5.62. The van der Waals surface area contributed by atoms with Gasteiger partial charge in [0.15, 0.2) is 5.65 Å². The van der Waals surface area contributed by atoms with E-state index < -0.39 is 12.9 Å². The van der Waals surface area contributed by atoms with Crippen molar-refractivity contribution in [3.63, 3.8) is 0 Å². The van der Waals surface area contributed by atoms with Crippen molar-refractivity contribution in [3.05, 3.63) is 30.5 Å². The lowest BCUT2D eigenvalue weighted by Gasteiger charge is -1.98. The maximum atomic E-state index is 13.9. The Hall–Kier alpha value is -2.44. The minimum atomic E-state index is -2.55. The topological polar surface area (TPSA) is 74.0 Å². The molecule has 2 N–H and O–H groups in total. The van der Waals surface area contributed by atoms with Crippen LogP contribution >= 0.6 is 0 Å². The van der Waals surface area contributed by atoms with E-state index in [2.05, 4.69) is 15.2 Å². The molecule has 3 heterocycles. The second-order valence-electron chi connectivity index (χ2n) is 3.45. The summed E-state index contributed by atoms with van der Waals surface area (Å²) in [5, 5.41) is 7.37. The molecule has 0 atom stereocenters. The maximum absolute atomic E-state index is 13.9. The predicted octanol–water partition coefficient (Wildman–Crippen LogP) is 0.851. The van der Waals surface area contributed by atoms with Gasteiger partial charge in [0.1, 0.15) is 5.82 Å². The molecule has 0 saturated carbocycles. The van der Waals surface area contributed by atoms with Gasteiger partial charge in [0.05, 0.1) is 17.5 Å². The highest BCUT2D eigenvalue weighted by Gasteiger charge is 2.14. The largest absolute Gasteiger partial charge is 0.382 e. The summed E-state index contributed by atoms with van der Waals surface area (Å²) in [5.41, 5.74) is 6.32. The highest BCUT2D eigenvalue weighted by atomic mass is 19.1. The molecular formula is C10H9FN6. The molecule has 0 bridgehead atoms. The fourth-order valence-electron chi connectivity index (χ4n) is 1.60. The lowest BCUT2D eigenvalue weighted by molar-refractivity contribution is 0.555. The van der Waals surface area contributed by atoms with Gasteiger partial charge in [0.2, 0.25) is 5.95 Å². The van der Waals surface area contributed by atoms with Crippen molar-refractivity contribution in [2.45, 2.75) is 0 Å². The molecule has 3 aromatic heterocycles. The molecule has 0 unspecified atom stereocenters. The van der Waals surface area contributed by atoms with E-state index in [1.165, 1.54) is 10.7 Å². The van der Waals surface area contributed by atoms with Crippen molar-refractivity contribution in [1.29, 1.82) is 0 Å². The highest BCUT2D eigenvalue weighted by Crippen LogP contribution is 2.22. The zero-order valence-electron chi connectivity index (χ0n) is 11.5. The quantitative estimate of drug-likeness (QED) is 0.678. The van der Waals surface area contributed by atoms with Gasteiger partial charge >= 0.3 is 0 Å². The number of nitrogens with zero attached hydrogens (tertiary/aromatic N) is 5. The summed E-state index contributed by atoms with van der Waals surface area (Å²) in [6.07, 6.45) is 2.47. The van der Waals surface area contributed by atoms with Gasteiger partial charge in [-0.1, -0.05) is 0 Å². The maximum Gasteiger partial charge on any atom is 0.242 e. The van der Waals surface area contributed by atoms with Gasteiger partial charge in [0, 0.05) is 17.3 Å². The van der Waals surface area contributed by atoms with E-state index in [-0.39, 0.29) is 17.1 Å². The number of anilines is 1. The molecule has 0 aliphatic heterocycles. The van der Waals surface area contributed by atoms with E-state index in [0.717, 1.165) is 6.20 Å². The molecule has 0 aliphatic rings. The van der Waals surface area contributed by atoms with E-state index in [4.69, 9.17) is 9.85 Å². The number of fused-ring (bicyclic) bond motifs is 1. The Bertz CT molecular complexity index is 790. The van der Waals surface area contributed by atoms with Gasteiger partial charge < -0.3 is 5.73 Å². The zero-order valence-corrected chi connectivity index (χ0v) is 8.50. The molecule has 3 rings (SSSR count). The number of nitrogen functional groups attached to an aromatic ring is 1.